The molecule has 2 heterocycles. The number of hydrogen-bond donors (Lipinski definition) is 1. The Morgan fingerprint density at radius 3 is 3.00 bits per heavy atom. The van der Waals surface area contributed by atoms with E-state index in [4.69, 9.17) is 16.1 Å². The van der Waals surface area contributed by atoms with Crippen molar-refractivity contribution < 1.29 is 9.32 Å². The summed E-state index contributed by atoms with van der Waals surface area (Å²) in [4.78, 5) is 18.4. The highest BCUT2D eigenvalue weighted by Gasteiger charge is 2.28. The molecule has 0 aliphatic carbocycles. The smallest absolute Gasteiger partial charge is 0.317 e. The van der Waals surface area contributed by atoms with Gasteiger partial charge in [0.25, 0.3) is 0 Å². The number of halogens is 1. The van der Waals surface area contributed by atoms with Crippen LogP contribution < -0.4 is 5.32 Å². The molecule has 0 spiro atoms. The monoisotopic (exact) mass is 346 g/mol. The third-order valence-electron chi connectivity index (χ3n) is 4.00. The topological polar surface area (TPSA) is 71.3 Å². The predicted octanol–water partition coefficient (Wildman–Crippen LogP) is 3.47. The molecule has 1 aliphatic rings. The minimum absolute atomic E-state index is 0.0572. The second-order valence-electron chi connectivity index (χ2n) is 5.72. The number of urea groups is 1. The zero-order valence-electron chi connectivity index (χ0n) is 13.2. The van der Waals surface area contributed by atoms with Gasteiger partial charge in [0.15, 0.2) is 0 Å². The molecule has 0 radical (unpaired) electrons. The molecule has 7 heteroatoms. The van der Waals surface area contributed by atoms with Gasteiger partial charge in [-0.1, -0.05) is 22.8 Å². The van der Waals surface area contributed by atoms with E-state index in [0.717, 1.165) is 24.9 Å². The van der Waals surface area contributed by atoms with Crippen LogP contribution in [0.2, 0.25) is 5.02 Å². The number of rotatable bonds is 4. The van der Waals surface area contributed by atoms with Gasteiger partial charge in [-0.2, -0.15) is 4.98 Å². The number of amides is 2. The number of benzene rings is 1. The van der Waals surface area contributed by atoms with Crippen LogP contribution in [0, 0.1) is 0 Å². The molecule has 1 aromatic carbocycles. The summed E-state index contributed by atoms with van der Waals surface area (Å²) in [6.45, 7) is 5.37. The lowest BCUT2D eigenvalue weighted by Gasteiger charge is -2.30. The van der Waals surface area contributed by atoms with Crippen molar-refractivity contribution in [2.24, 2.45) is 0 Å². The third-order valence-corrected chi connectivity index (χ3v) is 4.25. The fraction of sp³-hybridized carbons (Fsp3) is 0.353. The Morgan fingerprint density at radius 1 is 1.46 bits per heavy atom. The van der Waals surface area contributed by atoms with Gasteiger partial charge in [0.05, 0.1) is 5.92 Å². The summed E-state index contributed by atoms with van der Waals surface area (Å²) >= 11 is 5.89. The molecule has 24 heavy (non-hydrogen) atoms. The Morgan fingerprint density at radius 2 is 2.25 bits per heavy atom. The summed E-state index contributed by atoms with van der Waals surface area (Å²) < 4.78 is 5.43. The quantitative estimate of drug-likeness (QED) is 0.860. The van der Waals surface area contributed by atoms with Crippen LogP contribution in [-0.4, -0.2) is 40.7 Å². The molecule has 3 rings (SSSR count). The highest BCUT2D eigenvalue weighted by atomic mass is 35.5. The first kappa shape index (κ1) is 16.5. The van der Waals surface area contributed by atoms with Gasteiger partial charge in [-0.3, -0.25) is 0 Å². The summed E-state index contributed by atoms with van der Waals surface area (Å²) in [5.41, 5.74) is 0.853. The van der Waals surface area contributed by atoms with E-state index in [1.807, 2.05) is 12.1 Å². The number of carbonyl (C=O) groups is 1. The Bertz CT molecular complexity index is 714. The Balaban J connectivity index is 1.69. The van der Waals surface area contributed by atoms with Crippen molar-refractivity contribution >= 4 is 17.6 Å². The van der Waals surface area contributed by atoms with E-state index in [0.29, 0.717) is 29.8 Å². The maximum Gasteiger partial charge on any atom is 0.317 e. The molecule has 1 saturated heterocycles. The maximum atomic E-state index is 12.1. The molecule has 1 fully saturated rings. The fourth-order valence-electron chi connectivity index (χ4n) is 2.75. The molecule has 0 saturated carbocycles. The van der Waals surface area contributed by atoms with Crippen LogP contribution in [0.1, 0.15) is 24.7 Å². The van der Waals surface area contributed by atoms with Gasteiger partial charge in [0.1, 0.15) is 0 Å². The van der Waals surface area contributed by atoms with Crippen LogP contribution in [0.25, 0.3) is 11.4 Å². The van der Waals surface area contributed by atoms with Gasteiger partial charge in [-0.05, 0) is 37.1 Å². The van der Waals surface area contributed by atoms with Gasteiger partial charge >= 0.3 is 6.03 Å². The molecule has 126 valence electrons. The predicted molar refractivity (Wildman–Crippen MR) is 91.9 cm³/mol. The fourth-order valence-corrected chi connectivity index (χ4v) is 2.88. The van der Waals surface area contributed by atoms with Crippen molar-refractivity contribution in [3.63, 3.8) is 0 Å². The van der Waals surface area contributed by atoms with Crippen molar-refractivity contribution in [3.8, 4) is 11.4 Å². The average Bonchev–Trinajstić information content (AvgIpc) is 3.10. The van der Waals surface area contributed by atoms with Crippen molar-refractivity contribution in [1.29, 1.82) is 0 Å². The highest BCUT2D eigenvalue weighted by molar-refractivity contribution is 6.30. The zero-order chi connectivity index (χ0) is 16.9. The third kappa shape index (κ3) is 3.76. The Kier molecular flexibility index (Phi) is 5.15. The molecule has 6 nitrogen and oxygen atoms in total. The number of aromatic nitrogens is 2. The molecule has 2 amide bonds. The molecule has 1 aliphatic heterocycles. The summed E-state index contributed by atoms with van der Waals surface area (Å²) in [6, 6.07) is 7.20. The van der Waals surface area contributed by atoms with E-state index in [-0.39, 0.29) is 11.9 Å². The zero-order valence-corrected chi connectivity index (χ0v) is 14.0. The first-order valence-corrected chi connectivity index (χ1v) is 8.28. The van der Waals surface area contributed by atoms with Gasteiger partial charge in [-0.15, -0.1) is 6.58 Å². The van der Waals surface area contributed by atoms with Crippen molar-refractivity contribution in [1.82, 2.24) is 20.4 Å². The van der Waals surface area contributed by atoms with Gasteiger partial charge < -0.3 is 14.7 Å². The minimum Gasteiger partial charge on any atom is -0.339 e. The van der Waals surface area contributed by atoms with Crippen LogP contribution in [0.5, 0.6) is 0 Å². The summed E-state index contributed by atoms with van der Waals surface area (Å²) in [5.74, 6) is 1.16. The second-order valence-corrected chi connectivity index (χ2v) is 6.16. The van der Waals surface area contributed by atoms with E-state index in [2.05, 4.69) is 22.0 Å². The molecule has 1 N–H and O–H groups in total. The van der Waals surface area contributed by atoms with Crippen LogP contribution >= 0.6 is 11.6 Å². The molecule has 1 atom stereocenters. The van der Waals surface area contributed by atoms with E-state index < -0.39 is 0 Å². The Hall–Kier alpha value is -2.34. The van der Waals surface area contributed by atoms with Crippen LogP contribution in [0.15, 0.2) is 41.4 Å². The van der Waals surface area contributed by atoms with Gasteiger partial charge in [0, 0.05) is 30.2 Å². The molecule has 0 unspecified atom stereocenters. The molecule has 0 bridgehead atoms. The standard InChI is InChI=1S/C17H19ClN4O2/c1-2-9-19-17(23)22-10-3-4-13(11-22)16-20-15(21-24-16)12-5-7-14(18)8-6-12/h2,5-8,13H,1,3-4,9-11H2,(H,19,23)/t13-/m1/s1. The lowest BCUT2D eigenvalue weighted by molar-refractivity contribution is 0.173. The van der Waals surface area contributed by atoms with Crippen LogP contribution in [0.3, 0.4) is 0 Å². The van der Waals surface area contributed by atoms with Crippen molar-refractivity contribution in [2.45, 2.75) is 18.8 Å². The number of hydrogen-bond acceptors (Lipinski definition) is 4. The highest BCUT2D eigenvalue weighted by Crippen LogP contribution is 2.28. The summed E-state index contributed by atoms with van der Waals surface area (Å²) in [6.07, 6.45) is 3.49. The summed E-state index contributed by atoms with van der Waals surface area (Å²) in [7, 11) is 0. The van der Waals surface area contributed by atoms with E-state index in [1.165, 1.54) is 0 Å². The number of likely N-dealkylation sites (tertiary alicyclic amines) is 1. The Labute approximate surface area is 145 Å². The van der Waals surface area contributed by atoms with Crippen molar-refractivity contribution in [2.75, 3.05) is 19.6 Å². The molecular weight excluding hydrogens is 328 g/mol. The average molecular weight is 347 g/mol. The number of piperidine rings is 1. The first-order chi connectivity index (χ1) is 11.7. The largest absolute Gasteiger partial charge is 0.339 e. The van der Waals surface area contributed by atoms with E-state index >= 15 is 0 Å². The van der Waals surface area contributed by atoms with Crippen molar-refractivity contribution in [3.05, 3.63) is 47.8 Å². The van der Waals surface area contributed by atoms with Gasteiger partial charge in [0.2, 0.25) is 11.7 Å². The lowest BCUT2D eigenvalue weighted by Crippen LogP contribution is -2.45. The van der Waals surface area contributed by atoms with E-state index in [1.54, 1.807) is 23.1 Å². The molecular formula is C17H19ClN4O2. The maximum absolute atomic E-state index is 12.1. The number of nitrogens with zero attached hydrogens (tertiary/aromatic N) is 3. The lowest BCUT2D eigenvalue weighted by atomic mass is 9.98. The first-order valence-electron chi connectivity index (χ1n) is 7.90. The van der Waals surface area contributed by atoms with Crippen LogP contribution in [-0.2, 0) is 0 Å². The van der Waals surface area contributed by atoms with E-state index in [9.17, 15) is 4.79 Å². The second kappa shape index (κ2) is 7.49. The molecule has 2 aromatic rings. The van der Waals surface area contributed by atoms with Crippen LogP contribution in [0.4, 0.5) is 4.79 Å². The minimum atomic E-state index is -0.0861. The SMILES string of the molecule is C=CCNC(=O)N1CCC[C@@H](c2nc(-c3ccc(Cl)cc3)no2)C1. The summed E-state index contributed by atoms with van der Waals surface area (Å²) in [5, 5.41) is 7.51. The van der Waals surface area contributed by atoms with Gasteiger partial charge in [-0.25, -0.2) is 4.79 Å². The number of nitrogens with one attached hydrogen (secondary N) is 1. The number of carbonyl (C=O) groups excluding carboxylic acids is 1. The normalized spacial score (nSPS) is 17.5. The molecule has 1 aromatic heterocycles.